The number of anilines is 1. The molecule has 4 heterocycles. The molecule has 0 aromatic carbocycles. The molecule has 2 amide bonds. The van der Waals surface area contributed by atoms with Crippen LogP contribution in [0.3, 0.4) is 0 Å². The number of carbonyl (C=O) groups excluding carboxylic acids is 2. The Morgan fingerprint density at radius 3 is 2.81 bits per heavy atom. The summed E-state index contributed by atoms with van der Waals surface area (Å²) in [6, 6.07) is -0.884. The molecule has 32 heavy (non-hydrogen) atoms. The summed E-state index contributed by atoms with van der Waals surface area (Å²) in [5.41, 5.74) is 3.87. The number of β-lactam (4-membered cyclic amide) rings is 1. The van der Waals surface area contributed by atoms with Gasteiger partial charge in [0.1, 0.15) is 21.8 Å². The van der Waals surface area contributed by atoms with E-state index >= 15 is 0 Å². The Morgan fingerprint density at radius 2 is 2.22 bits per heavy atom. The van der Waals surface area contributed by atoms with E-state index in [0.717, 1.165) is 16.5 Å². The lowest BCUT2D eigenvalue weighted by atomic mass is 9.89. The summed E-state index contributed by atoms with van der Waals surface area (Å²) < 4.78 is 4.49. The fourth-order valence-electron chi connectivity index (χ4n) is 3.18. The SMILES string of the molecule is Cc1nnc(SCC2(C(=O)O)CS[C@@H]3C(NC(=O)C(=NO)c4nsc(N)n4)C(=O)N3C2)s1. The molecule has 2 saturated heterocycles. The molecule has 2 aliphatic rings. The van der Waals surface area contributed by atoms with E-state index in [1.165, 1.54) is 39.8 Å². The van der Waals surface area contributed by atoms with Crippen molar-refractivity contribution in [1.29, 1.82) is 0 Å². The summed E-state index contributed by atoms with van der Waals surface area (Å²) >= 11 is 4.78. The molecule has 3 atom stereocenters. The third-order valence-electron chi connectivity index (χ3n) is 4.83. The molecule has 4 rings (SSSR count). The number of carboxylic acids is 1. The third kappa shape index (κ3) is 4.12. The first-order chi connectivity index (χ1) is 15.2. The molecule has 2 aromatic heterocycles. The zero-order chi connectivity index (χ0) is 23.0. The highest BCUT2D eigenvalue weighted by molar-refractivity contribution is 8.01. The van der Waals surface area contributed by atoms with E-state index in [1.807, 2.05) is 6.92 Å². The molecule has 0 aliphatic carbocycles. The van der Waals surface area contributed by atoms with Gasteiger partial charge in [0.05, 0.1) is 0 Å². The Kier molecular flexibility index (Phi) is 6.24. The lowest BCUT2D eigenvalue weighted by molar-refractivity contribution is -0.157. The minimum absolute atomic E-state index is 0.0150. The van der Waals surface area contributed by atoms with Crippen LogP contribution in [0.15, 0.2) is 9.50 Å². The number of nitrogens with two attached hydrogens (primary N) is 1. The number of thioether (sulfide) groups is 2. The third-order valence-corrected chi connectivity index (χ3v) is 9.23. The van der Waals surface area contributed by atoms with E-state index in [1.54, 1.807) is 0 Å². The van der Waals surface area contributed by atoms with Crippen LogP contribution in [0.1, 0.15) is 10.8 Å². The van der Waals surface area contributed by atoms with Crippen LogP contribution in [0.5, 0.6) is 0 Å². The van der Waals surface area contributed by atoms with Gasteiger partial charge in [-0.05, 0) is 6.92 Å². The maximum atomic E-state index is 12.7. The van der Waals surface area contributed by atoms with Gasteiger partial charge in [0.25, 0.3) is 5.91 Å². The first-order valence-corrected chi connectivity index (χ1v) is 12.6. The lowest BCUT2D eigenvalue weighted by Crippen LogP contribution is -2.74. The summed E-state index contributed by atoms with van der Waals surface area (Å²) in [5, 5.41) is 32.9. The standard InChI is InChI=1S/C15H16N8O5S4/c1-5-19-20-14(31-5)30-4-15(12(26)27)2-23-10(25)7(11(23)29-3-15)17-9(24)6(21-28)8-18-13(16)32-22-8/h7,11,28H,2-4H2,1H3,(H,17,24)(H,26,27)(H2,16,18,22)/t7?,11-,15?/m1/s1. The van der Waals surface area contributed by atoms with Crippen LogP contribution in [0.4, 0.5) is 5.13 Å². The average Bonchev–Trinajstić information content (AvgIpc) is 3.38. The van der Waals surface area contributed by atoms with Crippen LogP contribution in [-0.4, -0.2) is 87.7 Å². The summed E-state index contributed by atoms with van der Waals surface area (Å²) in [4.78, 5) is 42.5. The van der Waals surface area contributed by atoms with Crippen molar-refractivity contribution in [1.82, 2.24) is 29.8 Å². The largest absolute Gasteiger partial charge is 0.481 e. The molecule has 2 unspecified atom stereocenters. The predicted molar refractivity (Wildman–Crippen MR) is 118 cm³/mol. The number of nitrogens with one attached hydrogen (secondary N) is 1. The number of carbonyl (C=O) groups is 3. The van der Waals surface area contributed by atoms with Crippen molar-refractivity contribution in [3.8, 4) is 0 Å². The Morgan fingerprint density at radius 1 is 1.44 bits per heavy atom. The summed E-state index contributed by atoms with van der Waals surface area (Å²) in [6.45, 7) is 1.83. The molecule has 2 aromatic rings. The minimum atomic E-state index is -1.16. The second-order valence-electron chi connectivity index (χ2n) is 6.98. The lowest BCUT2D eigenvalue weighted by Gasteiger charge is -2.53. The van der Waals surface area contributed by atoms with Gasteiger partial charge in [-0.3, -0.25) is 14.4 Å². The van der Waals surface area contributed by atoms with Crippen LogP contribution in [0.25, 0.3) is 0 Å². The summed E-state index contributed by atoms with van der Waals surface area (Å²) in [7, 11) is 0. The maximum absolute atomic E-state index is 12.7. The normalized spacial score (nSPS) is 25.2. The first kappa shape index (κ1) is 22.7. The number of nitrogens with zero attached hydrogens (tertiary/aromatic N) is 6. The maximum Gasteiger partial charge on any atom is 0.313 e. The quantitative estimate of drug-likeness (QED) is 0.124. The molecule has 0 bridgehead atoms. The molecule has 2 aliphatic heterocycles. The molecule has 13 nitrogen and oxygen atoms in total. The fraction of sp³-hybridized carbons (Fsp3) is 0.467. The van der Waals surface area contributed by atoms with Crippen LogP contribution >= 0.6 is 46.4 Å². The van der Waals surface area contributed by atoms with Crippen LogP contribution < -0.4 is 11.1 Å². The van der Waals surface area contributed by atoms with Crippen molar-refractivity contribution in [2.24, 2.45) is 10.6 Å². The molecule has 0 spiro atoms. The van der Waals surface area contributed by atoms with Gasteiger partial charge in [0.2, 0.25) is 17.4 Å². The van der Waals surface area contributed by atoms with Gasteiger partial charge in [-0.15, -0.1) is 22.0 Å². The summed E-state index contributed by atoms with van der Waals surface area (Å²) in [5.74, 6) is -1.92. The Labute approximate surface area is 197 Å². The van der Waals surface area contributed by atoms with Crippen molar-refractivity contribution in [3.63, 3.8) is 0 Å². The molecule has 5 N–H and O–H groups in total. The van der Waals surface area contributed by atoms with Gasteiger partial charge in [-0.2, -0.15) is 9.36 Å². The van der Waals surface area contributed by atoms with Crippen LogP contribution in [0.2, 0.25) is 0 Å². The number of oxime groups is 1. The molecular weight excluding hydrogens is 500 g/mol. The fourth-order valence-corrected chi connectivity index (χ4v) is 7.29. The smallest absolute Gasteiger partial charge is 0.313 e. The number of hydrogen-bond donors (Lipinski definition) is 4. The minimum Gasteiger partial charge on any atom is -0.481 e. The number of aliphatic carboxylic acids is 1. The van der Waals surface area contributed by atoms with E-state index in [4.69, 9.17) is 5.73 Å². The van der Waals surface area contributed by atoms with Gasteiger partial charge in [0.15, 0.2) is 9.47 Å². The first-order valence-electron chi connectivity index (χ1n) is 8.95. The highest BCUT2D eigenvalue weighted by Crippen LogP contribution is 2.44. The second kappa shape index (κ2) is 8.80. The van der Waals surface area contributed by atoms with Gasteiger partial charge in [0, 0.05) is 29.6 Å². The van der Waals surface area contributed by atoms with Gasteiger partial charge >= 0.3 is 5.97 Å². The van der Waals surface area contributed by atoms with E-state index in [-0.39, 0.29) is 29.0 Å². The van der Waals surface area contributed by atoms with Gasteiger partial charge < -0.3 is 26.3 Å². The van der Waals surface area contributed by atoms with Crippen LogP contribution in [0, 0.1) is 12.3 Å². The molecule has 17 heteroatoms. The van der Waals surface area contributed by atoms with Crippen molar-refractivity contribution >= 4 is 75.0 Å². The molecular formula is C15H16N8O5S4. The number of aryl methyl sites for hydroxylation is 1. The van der Waals surface area contributed by atoms with Crippen LogP contribution in [-0.2, 0) is 14.4 Å². The molecule has 170 valence electrons. The van der Waals surface area contributed by atoms with Gasteiger partial charge in [-0.1, -0.05) is 28.3 Å². The highest BCUT2D eigenvalue weighted by atomic mass is 32.2. The Balaban J connectivity index is 1.41. The van der Waals surface area contributed by atoms with Crippen molar-refractivity contribution < 1.29 is 24.7 Å². The van der Waals surface area contributed by atoms with Crippen molar-refractivity contribution in [2.45, 2.75) is 22.7 Å². The van der Waals surface area contributed by atoms with Gasteiger partial charge in [-0.25, -0.2) is 0 Å². The topological polar surface area (TPSA) is 197 Å². The number of nitrogen functional groups attached to an aromatic ring is 1. The number of carboxylic acid groups (broad SMARTS) is 1. The number of amides is 2. The Hall–Kier alpha value is -2.50. The number of hydrogen-bond acceptors (Lipinski definition) is 14. The van der Waals surface area contributed by atoms with E-state index in [0.29, 0.717) is 4.34 Å². The average molecular weight is 517 g/mol. The number of rotatable bonds is 7. The van der Waals surface area contributed by atoms with E-state index < -0.39 is 40.3 Å². The molecule has 0 radical (unpaired) electrons. The van der Waals surface area contributed by atoms with Crippen molar-refractivity contribution in [3.05, 3.63) is 10.8 Å². The second-order valence-corrected chi connectivity index (χ2v) is 11.3. The predicted octanol–water partition coefficient (Wildman–Crippen LogP) is -0.278. The number of aromatic nitrogens is 4. The zero-order valence-electron chi connectivity index (χ0n) is 16.3. The monoisotopic (exact) mass is 516 g/mol. The molecule has 0 saturated carbocycles. The van der Waals surface area contributed by atoms with E-state index in [9.17, 15) is 24.7 Å². The van der Waals surface area contributed by atoms with E-state index in [2.05, 4.69) is 30.0 Å². The molecule has 2 fully saturated rings. The highest BCUT2D eigenvalue weighted by Gasteiger charge is 2.57. The number of fused-ring (bicyclic) bond motifs is 1. The van der Waals surface area contributed by atoms with Crippen molar-refractivity contribution in [2.75, 3.05) is 23.8 Å². The zero-order valence-corrected chi connectivity index (χ0v) is 19.6. The Bertz CT molecular complexity index is 1110. The summed E-state index contributed by atoms with van der Waals surface area (Å²) in [6.07, 6.45) is 0.